The van der Waals surface area contributed by atoms with E-state index in [0.717, 1.165) is 23.5 Å². The predicted molar refractivity (Wildman–Crippen MR) is 102 cm³/mol. The van der Waals surface area contributed by atoms with Crippen molar-refractivity contribution in [3.05, 3.63) is 59.2 Å². The van der Waals surface area contributed by atoms with Crippen molar-refractivity contribution in [2.45, 2.75) is 36.8 Å². The molecule has 1 N–H and O–H groups in total. The maximum absolute atomic E-state index is 11.8. The van der Waals surface area contributed by atoms with Crippen LogP contribution in [0.5, 0.6) is 11.5 Å². The van der Waals surface area contributed by atoms with Crippen LogP contribution >= 0.6 is 0 Å². The summed E-state index contributed by atoms with van der Waals surface area (Å²) in [4.78, 5) is 13.5. The van der Waals surface area contributed by atoms with Gasteiger partial charge in [0.2, 0.25) is 0 Å². The monoisotopic (exact) mass is 364 g/mol. The number of amides is 2. The van der Waals surface area contributed by atoms with Crippen LogP contribution in [-0.4, -0.2) is 37.7 Å². The number of likely N-dealkylation sites (N-methyl/N-ethyl adjacent to an activating group) is 1. The number of carbonyl (C=O) groups excluding carboxylic acids is 1. The number of benzene rings is 2. The molecule has 5 rings (SSSR count). The number of ether oxygens (including phenoxy) is 2. The molecule has 5 heteroatoms. The van der Waals surface area contributed by atoms with E-state index in [2.05, 4.69) is 29.6 Å². The molecule has 4 atom stereocenters. The van der Waals surface area contributed by atoms with Gasteiger partial charge in [0, 0.05) is 19.5 Å². The first kappa shape index (κ1) is 16.5. The van der Waals surface area contributed by atoms with Crippen LogP contribution in [0.4, 0.5) is 4.79 Å². The number of rotatable bonds is 4. The van der Waals surface area contributed by atoms with Gasteiger partial charge in [0.15, 0.2) is 11.5 Å². The lowest BCUT2D eigenvalue weighted by Gasteiger charge is -2.27. The van der Waals surface area contributed by atoms with E-state index in [1.165, 1.54) is 17.5 Å². The van der Waals surface area contributed by atoms with Crippen LogP contribution in [-0.2, 0) is 0 Å². The van der Waals surface area contributed by atoms with Crippen LogP contribution in [0.3, 0.4) is 0 Å². The van der Waals surface area contributed by atoms with Gasteiger partial charge in [0.1, 0.15) is 6.10 Å². The van der Waals surface area contributed by atoms with E-state index < -0.39 is 0 Å². The Kier molecular flexibility index (Phi) is 3.78. The highest BCUT2D eigenvalue weighted by molar-refractivity contribution is 5.77. The summed E-state index contributed by atoms with van der Waals surface area (Å²) in [6, 6.07) is 14.7. The molecular weight excluding hydrogens is 340 g/mol. The summed E-state index contributed by atoms with van der Waals surface area (Å²) in [6.07, 6.45) is 2.41. The van der Waals surface area contributed by atoms with E-state index in [0.29, 0.717) is 18.4 Å². The van der Waals surface area contributed by atoms with Crippen molar-refractivity contribution in [3.63, 3.8) is 0 Å². The molecule has 2 aromatic carbocycles. The van der Waals surface area contributed by atoms with Crippen molar-refractivity contribution in [1.82, 2.24) is 10.2 Å². The first-order valence-corrected chi connectivity index (χ1v) is 9.59. The van der Waals surface area contributed by atoms with E-state index in [4.69, 9.17) is 9.47 Å². The van der Waals surface area contributed by atoms with Gasteiger partial charge < -0.3 is 19.7 Å². The summed E-state index contributed by atoms with van der Waals surface area (Å²) >= 11 is 0. The Morgan fingerprint density at radius 2 is 1.89 bits per heavy atom. The summed E-state index contributed by atoms with van der Waals surface area (Å²) in [5.74, 6) is 2.58. The minimum Gasteiger partial charge on any atom is -0.493 e. The van der Waals surface area contributed by atoms with Crippen LogP contribution in [0.1, 0.15) is 47.4 Å². The second-order valence-electron chi connectivity index (χ2n) is 7.78. The lowest BCUT2D eigenvalue weighted by Crippen LogP contribution is -2.25. The topological polar surface area (TPSA) is 50.8 Å². The first-order chi connectivity index (χ1) is 13.2. The van der Waals surface area contributed by atoms with Crippen molar-refractivity contribution in [3.8, 4) is 11.5 Å². The van der Waals surface area contributed by atoms with Gasteiger partial charge in [-0.3, -0.25) is 0 Å². The highest BCUT2D eigenvalue weighted by Crippen LogP contribution is 2.54. The summed E-state index contributed by atoms with van der Waals surface area (Å²) < 4.78 is 12.1. The number of nitrogens with zero attached hydrogens (tertiary/aromatic N) is 1. The van der Waals surface area contributed by atoms with Crippen LogP contribution < -0.4 is 14.8 Å². The third kappa shape index (κ3) is 2.56. The Labute approximate surface area is 159 Å². The largest absolute Gasteiger partial charge is 0.493 e. The summed E-state index contributed by atoms with van der Waals surface area (Å²) in [6.45, 7) is 0.614. The third-order valence-electron chi connectivity index (χ3n) is 6.42. The molecule has 2 bridgehead atoms. The quantitative estimate of drug-likeness (QED) is 0.897. The third-order valence-corrected chi connectivity index (χ3v) is 6.42. The van der Waals surface area contributed by atoms with Gasteiger partial charge in [-0.2, -0.15) is 0 Å². The van der Waals surface area contributed by atoms with Gasteiger partial charge in [-0.05, 0) is 47.6 Å². The second-order valence-corrected chi connectivity index (χ2v) is 7.78. The number of fused-ring (bicyclic) bond motifs is 5. The number of hydrogen-bond acceptors (Lipinski definition) is 3. The van der Waals surface area contributed by atoms with E-state index >= 15 is 0 Å². The molecule has 2 aromatic rings. The van der Waals surface area contributed by atoms with E-state index in [1.807, 2.05) is 25.2 Å². The maximum Gasteiger partial charge on any atom is 0.317 e. The molecule has 2 fully saturated rings. The van der Waals surface area contributed by atoms with Gasteiger partial charge in [-0.25, -0.2) is 4.79 Å². The van der Waals surface area contributed by atoms with Gasteiger partial charge in [-0.15, -0.1) is 0 Å². The Morgan fingerprint density at radius 3 is 2.63 bits per heavy atom. The lowest BCUT2D eigenvalue weighted by atomic mass is 9.90. The molecule has 140 valence electrons. The van der Waals surface area contributed by atoms with E-state index in [9.17, 15) is 4.79 Å². The van der Waals surface area contributed by atoms with Gasteiger partial charge in [0.25, 0.3) is 0 Å². The van der Waals surface area contributed by atoms with Crippen molar-refractivity contribution < 1.29 is 14.3 Å². The SMILES string of the molecule is COc1ccc(C2CNC(=O)N2C)cc1OC1CC2CC1c1ccccc12. The van der Waals surface area contributed by atoms with Crippen LogP contribution in [0.2, 0.25) is 0 Å². The number of carbonyl (C=O) groups is 1. The minimum absolute atomic E-state index is 0.0199. The Hall–Kier alpha value is -2.69. The second kappa shape index (κ2) is 6.19. The normalized spacial score (nSPS) is 28.2. The van der Waals surface area contributed by atoms with Crippen molar-refractivity contribution in [1.29, 1.82) is 0 Å². The molecule has 5 nitrogen and oxygen atoms in total. The molecule has 2 aliphatic carbocycles. The summed E-state index contributed by atoms with van der Waals surface area (Å²) in [5.41, 5.74) is 4.01. The van der Waals surface area contributed by atoms with Crippen molar-refractivity contribution >= 4 is 6.03 Å². The number of methoxy groups -OCH3 is 1. The fraction of sp³-hybridized carbons (Fsp3) is 0.409. The Bertz CT molecular complexity index is 897. The first-order valence-electron chi connectivity index (χ1n) is 9.59. The van der Waals surface area contributed by atoms with E-state index in [1.54, 1.807) is 12.0 Å². The van der Waals surface area contributed by atoms with Gasteiger partial charge in [0.05, 0.1) is 13.2 Å². The molecule has 4 unspecified atom stereocenters. The molecule has 1 aliphatic heterocycles. The average Bonchev–Trinajstić information content (AvgIpc) is 3.36. The van der Waals surface area contributed by atoms with Crippen LogP contribution in [0, 0.1) is 0 Å². The molecule has 0 spiro atoms. The molecule has 3 aliphatic rings. The summed E-state index contributed by atoms with van der Waals surface area (Å²) in [7, 11) is 3.50. The smallest absolute Gasteiger partial charge is 0.317 e. The van der Waals surface area contributed by atoms with Crippen molar-refractivity contribution in [2.75, 3.05) is 20.7 Å². The zero-order valence-electron chi connectivity index (χ0n) is 15.6. The van der Waals surface area contributed by atoms with Gasteiger partial charge >= 0.3 is 6.03 Å². The minimum atomic E-state index is -0.0389. The number of urea groups is 1. The lowest BCUT2D eigenvalue weighted by molar-refractivity contribution is 0.177. The zero-order valence-corrected chi connectivity index (χ0v) is 15.6. The molecule has 27 heavy (non-hydrogen) atoms. The molecule has 2 amide bonds. The number of nitrogens with one attached hydrogen (secondary N) is 1. The molecule has 1 heterocycles. The Morgan fingerprint density at radius 1 is 1.07 bits per heavy atom. The predicted octanol–water partition coefficient (Wildman–Crippen LogP) is 3.81. The zero-order chi connectivity index (χ0) is 18.5. The molecule has 0 radical (unpaired) electrons. The standard InChI is InChI=1S/C22H24N2O3/c1-24-18(12-23-22(24)25)13-7-8-19(26-2)21(10-13)27-20-11-14-9-17(20)16-6-4-3-5-15(14)16/h3-8,10,14,17-18,20H,9,11-12H2,1-2H3,(H,23,25). The van der Waals surface area contributed by atoms with Crippen LogP contribution in [0.15, 0.2) is 42.5 Å². The van der Waals surface area contributed by atoms with Gasteiger partial charge in [-0.1, -0.05) is 30.3 Å². The molecule has 1 saturated carbocycles. The highest BCUT2D eigenvalue weighted by Gasteiger charge is 2.45. The van der Waals surface area contributed by atoms with Crippen molar-refractivity contribution in [2.24, 2.45) is 0 Å². The fourth-order valence-corrected chi connectivity index (χ4v) is 5.02. The summed E-state index contributed by atoms with van der Waals surface area (Å²) in [5, 5.41) is 2.89. The average molecular weight is 364 g/mol. The molecular formula is C22H24N2O3. The van der Waals surface area contributed by atoms with E-state index in [-0.39, 0.29) is 18.2 Å². The maximum atomic E-state index is 11.8. The fourth-order valence-electron chi connectivity index (χ4n) is 5.02. The molecule has 1 saturated heterocycles. The number of hydrogen-bond donors (Lipinski definition) is 1. The Balaban J connectivity index is 1.42. The molecule has 0 aromatic heterocycles. The van der Waals surface area contributed by atoms with Crippen LogP contribution in [0.25, 0.3) is 0 Å². The highest BCUT2D eigenvalue weighted by atomic mass is 16.5.